The molecule has 0 amide bonds. The Bertz CT molecular complexity index is 1620. The van der Waals surface area contributed by atoms with Crippen LogP contribution in [-0.4, -0.2) is 31.8 Å². The van der Waals surface area contributed by atoms with E-state index in [9.17, 15) is 12.8 Å². The van der Waals surface area contributed by atoms with Crippen molar-refractivity contribution in [2.45, 2.75) is 9.79 Å². The van der Waals surface area contributed by atoms with E-state index in [2.05, 4.69) is 20.0 Å². The summed E-state index contributed by atoms with van der Waals surface area (Å²) >= 11 is 12.1. The molecule has 0 radical (unpaired) electrons. The maximum atomic E-state index is 14.9. The number of hydrogen-bond acceptors (Lipinski definition) is 7. The van der Waals surface area contributed by atoms with E-state index in [-0.39, 0.29) is 32.5 Å². The summed E-state index contributed by atoms with van der Waals surface area (Å²) in [5.41, 5.74) is 1.40. The molecular formula is C24H20Cl2FN5O3S2. The zero-order valence-electron chi connectivity index (χ0n) is 19.4. The van der Waals surface area contributed by atoms with Crippen LogP contribution in [0.5, 0.6) is 5.88 Å². The van der Waals surface area contributed by atoms with Crippen molar-refractivity contribution < 1.29 is 17.5 Å². The number of hydrogen-bond donors (Lipinski definition) is 3. The van der Waals surface area contributed by atoms with Gasteiger partial charge in [0.15, 0.2) is 11.0 Å². The van der Waals surface area contributed by atoms with Gasteiger partial charge in [0.2, 0.25) is 11.8 Å². The first kappa shape index (κ1) is 26.8. The maximum Gasteiger partial charge on any atom is 0.230 e. The number of nitrogens with one attached hydrogen (secondary N) is 3. The molecule has 3 aromatic carbocycles. The molecule has 4 rings (SSSR count). The number of halogens is 3. The highest BCUT2D eigenvalue weighted by Crippen LogP contribution is 2.33. The molecule has 0 aliphatic carbocycles. The van der Waals surface area contributed by atoms with Gasteiger partial charge in [0.05, 0.1) is 43.0 Å². The van der Waals surface area contributed by atoms with Crippen LogP contribution in [0, 0.1) is 10.6 Å². The molecule has 2 atom stereocenters. The molecule has 0 aliphatic rings. The van der Waals surface area contributed by atoms with Crippen LogP contribution in [0.3, 0.4) is 0 Å². The number of anilines is 3. The predicted octanol–water partition coefficient (Wildman–Crippen LogP) is 6.51. The number of methoxy groups -OCH3 is 1. The molecule has 3 N–H and O–H groups in total. The Balaban J connectivity index is 1.57. The van der Waals surface area contributed by atoms with Crippen molar-refractivity contribution >= 4 is 61.2 Å². The van der Waals surface area contributed by atoms with E-state index in [1.54, 1.807) is 42.5 Å². The Morgan fingerprint density at radius 3 is 2.57 bits per heavy atom. The van der Waals surface area contributed by atoms with Crippen LogP contribution >= 0.6 is 23.2 Å². The van der Waals surface area contributed by atoms with Crippen LogP contribution in [0.15, 0.2) is 76.7 Å². The lowest BCUT2D eigenvalue weighted by Gasteiger charge is -2.13. The van der Waals surface area contributed by atoms with E-state index in [0.29, 0.717) is 21.7 Å². The van der Waals surface area contributed by atoms with E-state index in [0.717, 1.165) is 0 Å². The van der Waals surface area contributed by atoms with Crippen molar-refractivity contribution in [2.24, 2.45) is 0 Å². The number of benzene rings is 3. The van der Waals surface area contributed by atoms with E-state index in [4.69, 9.17) is 32.7 Å². The highest BCUT2D eigenvalue weighted by atomic mass is 35.5. The van der Waals surface area contributed by atoms with Gasteiger partial charge in [-0.3, -0.25) is 4.72 Å². The van der Waals surface area contributed by atoms with E-state index >= 15 is 0 Å². The standard InChI is InChI=1S/C24H20Cl2FN5O3S2/c1-35-23-17(13-29-24(31-23)30-15-5-3-6-16(12-15)37(2,28)34)14-9-10-20(19(27)11-14)32-36(33)21-8-4-7-18(25)22(21)26/h3-13,28,32H,1-2H3,(H,29,30,31). The van der Waals surface area contributed by atoms with Crippen molar-refractivity contribution in [1.82, 2.24) is 9.97 Å². The third-order valence-electron chi connectivity index (χ3n) is 5.09. The van der Waals surface area contributed by atoms with Gasteiger partial charge in [-0.25, -0.2) is 22.6 Å². The first-order valence-electron chi connectivity index (χ1n) is 10.5. The van der Waals surface area contributed by atoms with Gasteiger partial charge < -0.3 is 10.1 Å². The summed E-state index contributed by atoms with van der Waals surface area (Å²) in [6, 6.07) is 15.6. The van der Waals surface area contributed by atoms with Crippen molar-refractivity contribution in [3.05, 3.63) is 82.7 Å². The fraction of sp³-hybridized carbons (Fsp3) is 0.0833. The van der Waals surface area contributed by atoms with Crippen LogP contribution in [0.4, 0.5) is 21.7 Å². The zero-order valence-corrected chi connectivity index (χ0v) is 22.6. The zero-order chi connectivity index (χ0) is 26.7. The van der Waals surface area contributed by atoms with Crippen molar-refractivity contribution in [3.8, 4) is 17.0 Å². The highest BCUT2D eigenvalue weighted by Gasteiger charge is 2.16. The van der Waals surface area contributed by atoms with E-state index in [1.165, 1.54) is 37.8 Å². The molecule has 4 aromatic rings. The summed E-state index contributed by atoms with van der Waals surface area (Å²) in [4.78, 5) is 9.20. The lowest BCUT2D eigenvalue weighted by molar-refractivity contribution is 0.399. The van der Waals surface area contributed by atoms with Gasteiger partial charge in [-0.15, -0.1) is 0 Å². The molecule has 1 aromatic heterocycles. The normalized spacial score (nSPS) is 13.4. The maximum absolute atomic E-state index is 14.9. The molecule has 13 heteroatoms. The minimum atomic E-state index is -2.89. The third-order valence-corrected chi connectivity index (χ3v) is 8.32. The molecule has 1 heterocycles. The Morgan fingerprint density at radius 1 is 1.11 bits per heavy atom. The highest BCUT2D eigenvalue weighted by molar-refractivity contribution is 7.91. The van der Waals surface area contributed by atoms with Crippen LogP contribution in [0.25, 0.3) is 11.1 Å². The van der Waals surface area contributed by atoms with Crippen molar-refractivity contribution in [1.29, 1.82) is 4.78 Å². The van der Waals surface area contributed by atoms with Crippen LogP contribution in [0.1, 0.15) is 0 Å². The second kappa shape index (κ2) is 11.0. The number of ether oxygens (including phenoxy) is 1. The van der Waals surface area contributed by atoms with Gasteiger partial charge >= 0.3 is 0 Å². The molecule has 192 valence electrons. The summed E-state index contributed by atoms with van der Waals surface area (Å²) in [6.07, 6.45) is 2.81. The van der Waals surface area contributed by atoms with Gasteiger partial charge in [-0.05, 0) is 48.0 Å². The van der Waals surface area contributed by atoms with Crippen molar-refractivity contribution in [3.63, 3.8) is 0 Å². The third kappa shape index (κ3) is 6.19. The fourth-order valence-corrected chi connectivity index (χ4v) is 5.48. The smallest absolute Gasteiger partial charge is 0.230 e. The minimum absolute atomic E-state index is 0.00178. The molecule has 0 saturated heterocycles. The predicted molar refractivity (Wildman–Crippen MR) is 145 cm³/mol. The summed E-state index contributed by atoms with van der Waals surface area (Å²) in [6.45, 7) is 0. The van der Waals surface area contributed by atoms with Gasteiger partial charge in [0, 0.05) is 23.0 Å². The lowest BCUT2D eigenvalue weighted by Crippen LogP contribution is -2.07. The Labute approximate surface area is 225 Å². The van der Waals surface area contributed by atoms with Crippen molar-refractivity contribution in [2.75, 3.05) is 23.4 Å². The second-order valence-electron chi connectivity index (χ2n) is 7.73. The number of rotatable bonds is 8. The van der Waals surface area contributed by atoms with Gasteiger partial charge in [0.1, 0.15) is 5.82 Å². The summed E-state index contributed by atoms with van der Waals surface area (Å²) in [7, 11) is -3.31. The largest absolute Gasteiger partial charge is 0.480 e. The first-order chi connectivity index (χ1) is 17.6. The second-order valence-corrected chi connectivity index (χ2v) is 11.9. The topological polar surface area (TPSA) is 117 Å². The van der Waals surface area contributed by atoms with Gasteiger partial charge in [-0.2, -0.15) is 4.98 Å². The molecule has 8 nitrogen and oxygen atoms in total. The molecule has 2 unspecified atom stereocenters. The number of nitrogens with zero attached hydrogens (tertiary/aromatic N) is 2. The van der Waals surface area contributed by atoms with Crippen LogP contribution < -0.4 is 14.8 Å². The lowest BCUT2D eigenvalue weighted by atomic mass is 10.1. The molecule has 0 spiro atoms. The minimum Gasteiger partial charge on any atom is -0.480 e. The molecule has 0 aliphatic heterocycles. The number of aromatic nitrogens is 2. The van der Waals surface area contributed by atoms with E-state index < -0.39 is 26.5 Å². The average Bonchev–Trinajstić information content (AvgIpc) is 2.86. The monoisotopic (exact) mass is 579 g/mol. The van der Waals surface area contributed by atoms with Crippen LogP contribution in [0.2, 0.25) is 10.0 Å². The Morgan fingerprint density at radius 2 is 1.86 bits per heavy atom. The Kier molecular flexibility index (Phi) is 7.98. The molecule has 37 heavy (non-hydrogen) atoms. The fourth-order valence-electron chi connectivity index (χ4n) is 3.27. The van der Waals surface area contributed by atoms with Crippen LogP contribution in [-0.2, 0) is 20.7 Å². The summed E-state index contributed by atoms with van der Waals surface area (Å²) in [5.74, 6) is -0.288. The molecule has 0 saturated carbocycles. The SMILES string of the molecule is COc1nc(Nc2cccc(S(C)(=N)=O)c2)ncc1-c1ccc(NS(=O)c2cccc(Cl)c2Cl)c(F)c1. The van der Waals surface area contributed by atoms with Gasteiger partial charge in [-0.1, -0.05) is 41.4 Å². The summed E-state index contributed by atoms with van der Waals surface area (Å²) in [5, 5.41) is 3.35. The Hall–Kier alpha value is -3.25. The molecule has 0 bridgehead atoms. The molecular weight excluding hydrogens is 560 g/mol. The van der Waals surface area contributed by atoms with E-state index in [1.807, 2.05) is 0 Å². The summed E-state index contributed by atoms with van der Waals surface area (Å²) < 4.78 is 55.4. The molecule has 0 fully saturated rings. The van der Waals surface area contributed by atoms with Gasteiger partial charge in [0.25, 0.3) is 0 Å². The quantitative estimate of drug-likeness (QED) is 0.219. The average molecular weight is 580 g/mol. The first-order valence-corrected chi connectivity index (χ1v) is 14.4.